The Balaban J connectivity index is 0.00000109. The van der Waals surface area contributed by atoms with Crippen LogP contribution in [-0.2, 0) is 50.3 Å². The number of anilines is 2. The lowest BCUT2D eigenvalue weighted by atomic mass is 9.83. The van der Waals surface area contributed by atoms with E-state index >= 15 is 0 Å². The zero-order valence-electron chi connectivity index (χ0n) is 62.6. The van der Waals surface area contributed by atoms with E-state index in [1.807, 2.05) is 13.0 Å². The fraction of sp³-hybridized carbons (Fsp3) is 0.500. The van der Waals surface area contributed by atoms with Crippen molar-refractivity contribution in [2.75, 3.05) is 42.9 Å². The first-order valence-corrected chi connectivity index (χ1v) is 34.0. The summed E-state index contributed by atoms with van der Waals surface area (Å²) in [5, 5.41) is 1.74. The van der Waals surface area contributed by atoms with E-state index in [1.165, 1.54) is 56.9 Å². The molecular weight excluding hydrogens is 1260 g/mol. The molecule has 0 bridgehead atoms. The zero-order valence-corrected chi connectivity index (χ0v) is 64.8. The number of hydrogen-bond acceptors (Lipinski definition) is 2. The molecule has 0 saturated carbocycles. The van der Waals surface area contributed by atoms with E-state index in [-0.39, 0.29) is 29.1 Å². The molecule has 0 aliphatic carbocycles. The van der Waals surface area contributed by atoms with Crippen LogP contribution in [0.3, 0.4) is 0 Å². The van der Waals surface area contributed by atoms with Gasteiger partial charge in [0, 0.05) is 54.5 Å². The molecule has 7 rings (SSSR count). The summed E-state index contributed by atoms with van der Waals surface area (Å²) in [4.78, 5) is 4.46. The monoisotopic (exact) mass is 1380 g/mol. The standard InChI is InChI=1S/C15H24ClN.2C12H15F3.C12H19N.2C11H15Cl.C10H14.CH4/c1-5-11-17(12-10-16)14-8-6-13(7-9-14)15(2,3)4;2*1-8-5-6-9(11(2,3)4)10(7-8)12(13,14)15;1-12(2,3)10-6-8-11(9-7-10)13(4)5;1-8-5-6-9(7-10(8)12)11(2,3)4;1-8-5-6-9(10(12)7-8)11(2,3)4;1-10(2,3)9-7-5-4-6-8-9;/h6-9H,5,10-12H2,1-4H3;2*5-7H,1-4H3;6-9H,1-5H3;2*5-7H,1-4H3;4-8H,1-3H3;1H4. The number of nitrogens with zero attached hydrogens (tertiary/aromatic N) is 2. The fourth-order valence-electron chi connectivity index (χ4n) is 9.49. The quantitative estimate of drug-likeness (QED) is 0.121. The maximum absolute atomic E-state index is 12.8. The van der Waals surface area contributed by atoms with E-state index in [4.69, 9.17) is 34.8 Å². The molecule has 11 heteroatoms. The van der Waals surface area contributed by atoms with Crippen molar-refractivity contribution in [3.63, 3.8) is 0 Å². The second kappa shape index (κ2) is 37.5. The smallest absolute Gasteiger partial charge is 0.378 e. The molecule has 7 aromatic carbocycles. The van der Waals surface area contributed by atoms with Gasteiger partial charge in [0.25, 0.3) is 0 Å². The Morgan fingerprint density at radius 2 is 0.663 bits per heavy atom. The largest absolute Gasteiger partial charge is 0.416 e. The topological polar surface area (TPSA) is 6.48 Å². The van der Waals surface area contributed by atoms with Gasteiger partial charge in [-0.05, 0) is 171 Å². The molecule has 0 heterocycles. The van der Waals surface area contributed by atoms with Crippen LogP contribution in [0.2, 0.25) is 10.0 Å². The highest BCUT2D eigenvalue weighted by Gasteiger charge is 2.37. The van der Waals surface area contributed by atoms with Gasteiger partial charge >= 0.3 is 12.4 Å². The van der Waals surface area contributed by atoms with Gasteiger partial charge in [-0.15, -0.1) is 11.6 Å². The van der Waals surface area contributed by atoms with Gasteiger partial charge in [-0.2, -0.15) is 26.3 Å². The van der Waals surface area contributed by atoms with E-state index in [0.717, 1.165) is 35.1 Å². The summed E-state index contributed by atoms with van der Waals surface area (Å²) in [6, 6.07) is 49.7. The molecule has 0 N–H and O–H groups in total. The van der Waals surface area contributed by atoms with Crippen molar-refractivity contribution in [2.45, 2.75) is 244 Å². The van der Waals surface area contributed by atoms with Crippen LogP contribution in [0.5, 0.6) is 0 Å². The second-order valence-electron chi connectivity index (χ2n) is 31.8. The van der Waals surface area contributed by atoms with Gasteiger partial charge in [-0.1, -0.05) is 297 Å². The average Bonchev–Trinajstić information content (AvgIpc) is 0.831. The van der Waals surface area contributed by atoms with E-state index in [9.17, 15) is 26.3 Å². The molecule has 0 fully saturated rings. The third-order valence-electron chi connectivity index (χ3n) is 15.4. The molecule has 0 radical (unpaired) electrons. The van der Waals surface area contributed by atoms with E-state index < -0.39 is 34.3 Å². The highest BCUT2D eigenvalue weighted by atomic mass is 35.5. The summed E-state index contributed by atoms with van der Waals surface area (Å²) in [6.45, 7) is 55.5. The first-order valence-electron chi connectivity index (χ1n) is 32.7. The van der Waals surface area contributed by atoms with Crippen LogP contribution < -0.4 is 9.80 Å². The van der Waals surface area contributed by atoms with Crippen LogP contribution >= 0.6 is 34.8 Å². The third-order valence-corrected chi connectivity index (χ3v) is 16.3. The van der Waals surface area contributed by atoms with Crippen LogP contribution in [0, 0.1) is 27.7 Å². The Morgan fingerprint density at radius 3 is 0.947 bits per heavy atom. The predicted molar refractivity (Wildman–Crippen MR) is 409 cm³/mol. The molecular formula is C84H121Cl3F6N2. The summed E-state index contributed by atoms with van der Waals surface area (Å²) in [5.74, 6) is 0.682. The number of halogens is 9. The highest BCUT2D eigenvalue weighted by Crippen LogP contribution is 2.40. The van der Waals surface area contributed by atoms with Gasteiger partial charge in [0.05, 0.1) is 11.1 Å². The summed E-state index contributed by atoms with van der Waals surface area (Å²) >= 11 is 18.0. The normalized spacial score (nSPS) is 11.9. The lowest BCUT2D eigenvalue weighted by Crippen LogP contribution is -2.26. The number of rotatable bonds is 6. The summed E-state index contributed by atoms with van der Waals surface area (Å²) < 4.78 is 76.6. The molecule has 0 unspecified atom stereocenters. The van der Waals surface area contributed by atoms with E-state index in [2.05, 4.69) is 251 Å². The molecule has 0 spiro atoms. The fourth-order valence-corrected chi connectivity index (χ4v) is 10.4. The lowest BCUT2D eigenvalue weighted by molar-refractivity contribution is -0.139. The van der Waals surface area contributed by atoms with Crippen LogP contribution in [0.15, 0.2) is 152 Å². The van der Waals surface area contributed by atoms with Gasteiger partial charge in [0.15, 0.2) is 0 Å². The van der Waals surface area contributed by atoms with Gasteiger partial charge in [0.2, 0.25) is 0 Å². The summed E-state index contributed by atoms with van der Waals surface area (Å²) in [5.41, 5.74) is 12.6. The molecule has 2 nitrogen and oxygen atoms in total. The minimum Gasteiger partial charge on any atom is -0.378 e. The molecule has 530 valence electrons. The van der Waals surface area contributed by atoms with Crippen LogP contribution in [0.1, 0.15) is 238 Å². The van der Waals surface area contributed by atoms with Crippen LogP contribution in [-0.4, -0.2) is 33.1 Å². The van der Waals surface area contributed by atoms with Crippen molar-refractivity contribution in [3.05, 3.63) is 234 Å². The zero-order chi connectivity index (χ0) is 73.0. The van der Waals surface area contributed by atoms with Crippen LogP contribution in [0.4, 0.5) is 37.7 Å². The summed E-state index contributed by atoms with van der Waals surface area (Å²) in [6.07, 6.45) is -7.39. The second-order valence-corrected chi connectivity index (χ2v) is 33.0. The molecule has 0 aliphatic rings. The molecule has 0 aliphatic heterocycles. The molecule has 0 amide bonds. The van der Waals surface area contributed by atoms with Crippen molar-refractivity contribution in [1.29, 1.82) is 0 Å². The Hall–Kier alpha value is -5.41. The first-order chi connectivity index (χ1) is 42.6. The third kappa shape index (κ3) is 32.7. The minimum absolute atomic E-state index is 0. The molecule has 0 atom stereocenters. The van der Waals surface area contributed by atoms with E-state index in [1.54, 1.807) is 79.7 Å². The Kier molecular flexibility index (Phi) is 35.4. The maximum Gasteiger partial charge on any atom is 0.416 e. The number of alkyl halides is 7. The van der Waals surface area contributed by atoms with Crippen molar-refractivity contribution in [3.8, 4) is 0 Å². The SMILES string of the molecule is C.CC(C)(C)c1ccccc1.CCCN(CCCl)c1ccc(C(C)(C)C)cc1.CN(C)c1ccc(C(C)(C)C)cc1.Cc1ccc(C(C)(C)C)c(C(F)(F)F)c1.Cc1ccc(C(C)(C)C)c(C(F)(F)F)c1.Cc1ccc(C(C)(C)C)c(Cl)c1.Cc1ccc(C(C)(C)C)cc1Cl. The Labute approximate surface area is 590 Å². The molecule has 7 aromatic rings. The number of aryl methyl sites for hydroxylation is 4. The summed E-state index contributed by atoms with van der Waals surface area (Å²) in [7, 11) is 4.12. The van der Waals surface area contributed by atoms with Crippen molar-refractivity contribution in [2.24, 2.45) is 0 Å². The van der Waals surface area contributed by atoms with Crippen molar-refractivity contribution < 1.29 is 26.3 Å². The number of hydrogen-bond donors (Lipinski definition) is 0. The molecule has 0 aromatic heterocycles. The first kappa shape index (κ1) is 89.6. The minimum atomic E-state index is -4.27. The van der Waals surface area contributed by atoms with Crippen molar-refractivity contribution in [1.82, 2.24) is 0 Å². The number of benzene rings is 7. The average molecular weight is 1380 g/mol. The van der Waals surface area contributed by atoms with Crippen molar-refractivity contribution >= 4 is 46.2 Å². The Bertz CT molecular complexity index is 3250. The maximum atomic E-state index is 12.8. The molecule has 95 heavy (non-hydrogen) atoms. The van der Waals surface area contributed by atoms with Gasteiger partial charge in [-0.3, -0.25) is 0 Å². The van der Waals surface area contributed by atoms with Gasteiger partial charge in [-0.25, -0.2) is 0 Å². The Morgan fingerprint density at radius 1 is 0.337 bits per heavy atom. The lowest BCUT2D eigenvalue weighted by Gasteiger charge is -2.25. The van der Waals surface area contributed by atoms with E-state index in [0.29, 0.717) is 33.5 Å². The van der Waals surface area contributed by atoms with Crippen LogP contribution in [0.25, 0.3) is 0 Å². The predicted octanol–water partition coefficient (Wildman–Crippen LogP) is 27.6. The molecule has 0 saturated heterocycles. The van der Waals surface area contributed by atoms with Gasteiger partial charge < -0.3 is 9.80 Å². The van der Waals surface area contributed by atoms with Gasteiger partial charge in [0.1, 0.15) is 0 Å². The highest BCUT2D eigenvalue weighted by molar-refractivity contribution is 6.31.